The number of hydrogen-bond donors (Lipinski definition) is 0. The van der Waals surface area contributed by atoms with Crippen LogP contribution in [0.15, 0.2) is 48.5 Å². The number of amides is 1. The number of carbonyl (C=O) groups excluding carboxylic acids is 1. The fourth-order valence-corrected chi connectivity index (χ4v) is 4.00. The number of anilines is 2. The lowest BCUT2D eigenvalue weighted by Gasteiger charge is -2.27. The standard InChI is InChI=1S/C18H19FN2O3S/c1-13-11-14-5-3-4-6-17(14)21(13)18(22)12-20(25(2,23)24)16-9-7-15(19)8-10-16/h3-10,13H,11-12H2,1-2H3. The van der Waals surface area contributed by atoms with E-state index in [0.717, 1.165) is 28.2 Å². The minimum atomic E-state index is -3.69. The monoisotopic (exact) mass is 362 g/mol. The Balaban J connectivity index is 1.90. The van der Waals surface area contributed by atoms with Crippen LogP contribution in [0.1, 0.15) is 12.5 Å². The largest absolute Gasteiger partial charge is 0.307 e. The number of rotatable bonds is 4. The van der Waals surface area contributed by atoms with Crippen LogP contribution in [0.2, 0.25) is 0 Å². The van der Waals surface area contributed by atoms with Crippen molar-refractivity contribution in [3.8, 4) is 0 Å². The minimum Gasteiger partial charge on any atom is -0.307 e. The van der Waals surface area contributed by atoms with Gasteiger partial charge in [0, 0.05) is 11.7 Å². The topological polar surface area (TPSA) is 57.7 Å². The van der Waals surface area contributed by atoms with Crippen molar-refractivity contribution in [2.45, 2.75) is 19.4 Å². The van der Waals surface area contributed by atoms with Gasteiger partial charge >= 0.3 is 0 Å². The molecule has 1 unspecified atom stereocenters. The Hall–Kier alpha value is -2.41. The molecule has 1 amide bonds. The van der Waals surface area contributed by atoms with E-state index in [1.165, 1.54) is 24.3 Å². The molecule has 132 valence electrons. The molecule has 1 aliphatic rings. The SMILES string of the molecule is CC1Cc2ccccc2N1C(=O)CN(c1ccc(F)cc1)S(C)(=O)=O. The number of fused-ring (bicyclic) bond motifs is 1. The molecule has 2 aromatic carbocycles. The summed E-state index contributed by atoms with van der Waals surface area (Å²) in [5, 5.41) is 0. The van der Waals surface area contributed by atoms with Crippen molar-refractivity contribution in [3.63, 3.8) is 0 Å². The molecule has 0 saturated heterocycles. The van der Waals surface area contributed by atoms with E-state index in [1.807, 2.05) is 31.2 Å². The summed E-state index contributed by atoms with van der Waals surface area (Å²) in [7, 11) is -3.69. The predicted octanol–water partition coefficient (Wildman–Crippen LogP) is 2.57. The molecule has 0 radical (unpaired) electrons. The van der Waals surface area contributed by atoms with Gasteiger partial charge in [-0.05, 0) is 49.2 Å². The maximum absolute atomic E-state index is 13.1. The molecule has 1 heterocycles. The van der Waals surface area contributed by atoms with Crippen molar-refractivity contribution < 1.29 is 17.6 Å². The number of carbonyl (C=O) groups is 1. The summed E-state index contributed by atoms with van der Waals surface area (Å²) in [5.41, 5.74) is 2.14. The van der Waals surface area contributed by atoms with E-state index in [0.29, 0.717) is 0 Å². The fourth-order valence-electron chi connectivity index (χ4n) is 3.15. The summed E-state index contributed by atoms with van der Waals surface area (Å²) in [6, 6.07) is 12.6. The van der Waals surface area contributed by atoms with E-state index in [4.69, 9.17) is 0 Å². The van der Waals surface area contributed by atoms with Crippen molar-refractivity contribution in [1.29, 1.82) is 0 Å². The third kappa shape index (κ3) is 3.51. The van der Waals surface area contributed by atoms with Gasteiger partial charge in [0.25, 0.3) is 0 Å². The molecule has 3 rings (SSSR count). The molecule has 1 aliphatic heterocycles. The summed E-state index contributed by atoms with van der Waals surface area (Å²) in [5.74, 6) is -0.780. The van der Waals surface area contributed by atoms with E-state index in [-0.39, 0.29) is 24.2 Å². The average molecular weight is 362 g/mol. The highest BCUT2D eigenvalue weighted by atomic mass is 32.2. The molecule has 5 nitrogen and oxygen atoms in total. The molecule has 0 aromatic heterocycles. The first kappa shape index (κ1) is 17.4. The van der Waals surface area contributed by atoms with Gasteiger partial charge in [-0.1, -0.05) is 18.2 Å². The van der Waals surface area contributed by atoms with Crippen LogP contribution in [-0.2, 0) is 21.2 Å². The second kappa shape index (κ2) is 6.48. The lowest BCUT2D eigenvalue weighted by Crippen LogP contribution is -2.45. The third-order valence-electron chi connectivity index (χ3n) is 4.27. The molecule has 2 aromatic rings. The first-order valence-corrected chi connectivity index (χ1v) is 9.75. The average Bonchev–Trinajstić information content (AvgIpc) is 2.88. The Morgan fingerprint density at radius 1 is 1.20 bits per heavy atom. The van der Waals surface area contributed by atoms with Crippen LogP contribution in [-0.4, -0.2) is 33.2 Å². The number of halogens is 1. The Labute approximate surface area is 146 Å². The summed E-state index contributed by atoms with van der Waals surface area (Å²) in [6.45, 7) is 1.60. The van der Waals surface area contributed by atoms with Gasteiger partial charge in [0.1, 0.15) is 12.4 Å². The molecule has 0 N–H and O–H groups in total. The Bertz CT molecular complexity index is 897. The smallest absolute Gasteiger partial charge is 0.248 e. The molecule has 0 fully saturated rings. The summed E-state index contributed by atoms with van der Waals surface area (Å²) in [6.07, 6.45) is 1.77. The number of nitrogens with zero attached hydrogens (tertiary/aromatic N) is 2. The summed E-state index contributed by atoms with van der Waals surface area (Å²) < 4.78 is 38.4. The first-order chi connectivity index (χ1) is 11.8. The molecule has 0 bridgehead atoms. The molecule has 7 heteroatoms. The van der Waals surface area contributed by atoms with Gasteiger partial charge in [0.15, 0.2) is 0 Å². The van der Waals surface area contributed by atoms with Crippen molar-refractivity contribution in [2.75, 3.05) is 22.0 Å². The highest BCUT2D eigenvalue weighted by molar-refractivity contribution is 7.92. The fraction of sp³-hybridized carbons (Fsp3) is 0.278. The van der Waals surface area contributed by atoms with E-state index in [9.17, 15) is 17.6 Å². The van der Waals surface area contributed by atoms with Crippen LogP contribution in [0, 0.1) is 5.82 Å². The molecular formula is C18H19FN2O3S. The van der Waals surface area contributed by atoms with Gasteiger partial charge in [0.2, 0.25) is 15.9 Å². The number of hydrogen-bond acceptors (Lipinski definition) is 3. The maximum atomic E-state index is 13.1. The van der Waals surface area contributed by atoms with Crippen LogP contribution in [0.25, 0.3) is 0 Å². The van der Waals surface area contributed by atoms with Crippen LogP contribution in [0.4, 0.5) is 15.8 Å². The van der Waals surface area contributed by atoms with Crippen molar-refractivity contribution >= 4 is 27.3 Å². The number of benzene rings is 2. The van der Waals surface area contributed by atoms with Gasteiger partial charge in [-0.25, -0.2) is 12.8 Å². The van der Waals surface area contributed by atoms with Crippen LogP contribution >= 0.6 is 0 Å². The van der Waals surface area contributed by atoms with Crippen molar-refractivity contribution in [3.05, 3.63) is 59.9 Å². The van der Waals surface area contributed by atoms with Crippen LogP contribution < -0.4 is 9.21 Å². The predicted molar refractivity (Wildman–Crippen MR) is 95.7 cm³/mol. The number of para-hydroxylation sites is 1. The normalized spacial score (nSPS) is 16.6. The third-order valence-corrected chi connectivity index (χ3v) is 5.41. The molecular weight excluding hydrogens is 343 g/mol. The first-order valence-electron chi connectivity index (χ1n) is 7.90. The van der Waals surface area contributed by atoms with Gasteiger partial charge in [-0.2, -0.15) is 0 Å². The molecule has 0 aliphatic carbocycles. The molecule has 0 spiro atoms. The Morgan fingerprint density at radius 3 is 2.48 bits per heavy atom. The van der Waals surface area contributed by atoms with E-state index in [1.54, 1.807) is 4.90 Å². The number of sulfonamides is 1. The quantitative estimate of drug-likeness (QED) is 0.840. The maximum Gasteiger partial charge on any atom is 0.248 e. The molecule has 1 atom stereocenters. The lowest BCUT2D eigenvalue weighted by atomic mass is 10.1. The van der Waals surface area contributed by atoms with Gasteiger partial charge in [-0.15, -0.1) is 0 Å². The van der Waals surface area contributed by atoms with Crippen LogP contribution in [0.5, 0.6) is 0 Å². The van der Waals surface area contributed by atoms with Gasteiger partial charge < -0.3 is 4.90 Å². The van der Waals surface area contributed by atoms with E-state index >= 15 is 0 Å². The molecule has 25 heavy (non-hydrogen) atoms. The zero-order valence-corrected chi connectivity index (χ0v) is 14.8. The zero-order chi connectivity index (χ0) is 18.2. The van der Waals surface area contributed by atoms with Gasteiger partial charge in [0.05, 0.1) is 11.9 Å². The highest BCUT2D eigenvalue weighted by Crippen LogP contribution is 2.32. The van der Waals surface area contributed by atoms with Crippen molar-refractivity contribution in [1.82, 2.24) is 0 Å². The Morgan fingerprint density at radius 2 is 1.84 bits per heavy atom. The summed E-state index contributed by atoms with van der Waals surface area (Å²) >= 11 is 0. The minimum absolute atomic E-state index is 0.0421. The molecule has 0 saturated carbocycles. The second-order valence-electron chi connectivity index (χ2n) is 6.19. The van der Waals surface area contributed by atoms with E-state index < -0.39 is 15.8 Å². The van der Waals surface area contributed by atoms with Crippen molar-refractivity contribution in [2.24, 2.45) is 0 Å². The zero-order valence-electron chi connectivity index (χ0n) is 14.0. The van der Waals surface area contributed by atoms with Crippen LogP contribution in [0.3, 0.4) is 0 Å². The Kier molecular flexibility index (Phi) is 4.51. The lowest BCUT2D eigenvalue weighted by molar-refractivity contribution is -0.117. The highest BCUT2D eigenvalue weighted by Gasteiger charge is 2.33. The van der Waals surface area contributed by atoms with Gasteiger partial charge in [-0.3, -0.25) is 9.10 Å². The summed E-state index contributed by atoms with van der Waals surface area (Å²) in [4.78, 5) is 14.5. The second-order valence-corrected chi connectivity index (χ2v) is 8.10. The van der Waals surface area contributed by atoms with E-state index in [2.05, 4.69) is 0 Å².